The summed E-state index contributed by atoms with van der Waals surface area (Å²) in [4.78, 5) is 15.4. The van der Waals surface area contributed by atoms with Crippen LogP contribution in [0.3, 0.4) is 0 Å². The van der Waals surface area contributed by atoms with Gasteiger partial charge in [-0.05, 0) is 104 Å². The minimum absolute atomic E-state index is 0.0216. The maximum Gasteiger partial charge on any atom is 0.252 e. The molecule has 1 aliphatic heterocycles. The summed E-state index contributed by atoms with van der Waals surface area (Å²) in [5.41, 5.74) is 4.10. The molecule has 1 atom stereocenters. The lowest BCUT2D eigenvalue weighted by atomic mass is 9.87. The van der Waals surface area contributed by atoms with E-state index in [0.29, 0.717) is 5.92 Å². The van der Waals surface area contributed by atoms with Crippen molar-refractivity contribution in [3.8, 4) is 5.75 Å². The number of halogens is 1. The van der Waals surface area contributed by atoms with E-state index in [9.17, 15) is 4.79 Å². The molecule has 28 heavy (non-hydrogen) atoms. The second-order valence-corrected chi connectivity index (χ2v) is 8.60. The number of hydrogen-bond donors (Lipinski definition) is 1. The summed E-state index contributed by atoms with van der Waals surface area (Å²) in [6.45, 7) is 6.23. The number of likely N-dealkylation sites (tertiary alicyclic amines) is 1. The fourth-order valence-electron chi connectivity index (χ4n) is 3.79. The summed E-state index contributed by atoms with van der Waals surface area (Å²) < 4.78 is 6.17. The third-order valence-electron chi connectivity index (χ3n) is 5.72. The van der Waals surface area contributed by atoms with Crippen molar-refractivity contribution >= 4 is 21.8 Å². The molecule has 1 fully saturated rings. The van der Waals surface area contributed by atoms with E-state index in [-0.39, 0.29) is 11.9 Å². The van der Waals surface area contributed by atoms with E-state index in [2.05, 4.69) is 51.4 Å². The minimum atomic E-state index is -0.0962. The highest BCUT2D eigenvalue weighted by atomic mass is 79.9. The van der Waals surface area contributed by atoms with E-state index in [1.807, 2.05) is 32.0 Å². The number of carbonyl (C=O) groups excluding carboxylic acids is 1. The van der Waals surface area contributed by atoms with Gasteiger partial charge in [0.1, 0.15) is 5.75 Å². The molecule has 0 spiro atoms. The summed E-state index contributed by atoms with van der Waals surface area (Å²) in [5.74, 6) is 1.30. The normalized spacial score (nSPS) is 16.6. The van der Waals surface area contributed by atoms with Crippen molar-refractivity contribution in [1.29, 1.82) is 0 Å². The molecule has 3 rings (SSSR count). The number of amides is 1. The molecule has 5 heteroatoms. The Kier molecular flexibility index (Phi) is 6.78. The van der Waals surface area contributed by atoms with Crippen LogP contribution in [0.2, 0.25) is 0 Å². The molecule has 4 nitrogen and oxygen atoms in total. The molecule has 1 aliphatic rings. The Hall–Kier alpha value is -1.85. The van der Waals surface area contributed by atoms with Gasteiger partial charge in [0.2, 0.25) is 0 Å². The molecule has 1 amide bonds. The van der Waals surface area contributed by atoms with Crippen LogP contribution >= 0.6 is 15.9 Å². The zero-order chi connectivity index (χ0) is 20.3. The number of rotatable bonds is 5. The molecule has 150 valence electrons. The average molecular weight is 445 g/mol. The Morgan fingerprint density at radius 1 is 1.21 bits per heavy atom. The lowest BCUT2D eigenvalue weighted by molar-refractivity contribution is 0.0939. The predicted molar refractivity (Wildman–Crippen MR) is 117 cm³/mol. The Morgan fingerprint density at radius 3 is 2.57 bits per heavy atom. The van der Waals surface area contributed by atoms with Crippen LogP contribution in [0.4, 0.5) is 0 Å². The molecular weight excluding hydrogens is 416 g/mol. The van der Waals surface area contributed by atoms with Crippen molar-refractivity contribution in [3.05, 3.63) is 63.1 Å². The zero-order valence-electron chi connectivity index (χ0n) is 17.1. The highest BCUT2D eigenvalue weighted by Gasteiger charge is 2.21. The maximum absolute atomic E-state index is 13.0. The van der Waals surface area contributed by atoms with Crippen LogP contribution in [0.1, 0.15) is 58.8 Å². The van der Waals surface area contributed by atoms with Gasteiger partial charge >= 0.3 is 0 Å². The number of carbonyl (C=O) groups is 1. The number of hydrogen-bond acceptors (Lipinski definition) is 3. The second-order valence-electron chi connectivity index (χ2n) is 7.74. The van der Waals surface area contributed by atoms with E-state index in [0.717, 1.165) is 52.8 Å². The monoisotopic (exact) mass is 444 g/mol. The second kappa shape index (κ2) is 9.10. The SMILES string of the molecule is COc1ccc(C(C)NC(=O)c2cc(C3CCN(C)CC3)ccc2C)cc1Br. The van der Waals surface area contributed by atoms with Gasteiger partial charge in [0.25, 0.3) is 5.91 Å². The zero-order valence-corrected chi connectivity index (χ0v) is 18.7. The molecule has 1 unspecified atom stereocenters. The van der Waals surface area contributed by atoms with E-state index < -0.39 is 0 Å². The molecular formula is C23H29BrN2O2. The summed E-state index contributed by atoms with van der Waals surface area (Å²) in [6.07, 6.45) is 2.30. The molecule has 2 aromatic carbocycles. The fourth-order valence-corrected chi connectivity index (χ4v) is 4.35. The van der Waals surface area contributed by atoms with Gasteiger partial charge < -0.3 is 15.0 Å². The first-order chi connectivity index (χ1) is 13.4. The van der Waals surface area contributed by atoms with Gasteiger partial charge in [-0.2, -0.15) is 0 Å². The smallest absolute Gasteiger partial charge is 0.252 e. The number of ether oxygens (including phenoxy) is 1. The van der Waals surface area contributed by atoms with Gasteiger partial charge in [0.15, 0.2) is 0 Å². The Bertz CT molecular complexity index is 844. The molecule has 1 N–H and O–H groups in total. The summed E-state index contributed by atoms with van der Waals surface area (Å²) in [7, 11) is 3.81. The van der Waals surface area contributed by atoms with Crippen LogP contribution in [0.5, 0.6) is 5.75 Å². The highest BCUT2D eigenvalue weighted by Crippen LogP contribution is 2.30. The number of methoxy groups -OCH3 is 1. The minimum Gasteiger partial charge on any atom is -0.496 e. The lowest BCUT2D eigenvalue weighted by Crippen LogP contribution is -2.30. The molecule has 0 aromatic heterocycles. The van der Waals surface area contributed by atoms with Crippen molar-refractivity contribution in [2.45, 2.75) is 38.6 Å². The van der Waals surface area contributed by atoms with Crippen LogP contribution in [-0.4, -0.2) is 38.1 Å². The predicted octanol–water partition coefficient (Wildman–Crippen LogP) is 5.07. The van der Waals surface area contributed by atoms with E-state index >= 15 is 0 Å². The van der Waals surface area contributed by atoms with Crippen LogP contribution in [0, 0.1) is 6.92 Å². The largest absolute Gasteiger partial charge is 0.496 e. The van der Waals surface area contributed by atoms with E-state index in [1.54, 1.807) is 7.11 Å². The summed E-state index contributed by atoms with van der Waals surface area (Å²) in [5, 5.41) is 3.15. The van der Waals surface area contributed by atoms with Crippen LogP contribution in [-0.2, 0) is 0 Å². The van der Waals surface area contributed by atoms with E-state index in [4.69, 9.17) is 4.74 Å². The molecule has 1 heterocycles. The van der Waals surface area contributed by atoms with Crippen molar-refractivity contribution in [2.75, 3.05) is 27.2 Å². The molecule has 0 aliphatic carbocycles. The standard InChI is InChI=1S/C23H29BrN2O2/c1-15-5-6-19(17-9-11-26(3)12-10-17)13-20(15)23(27)25-16(2)18-7-8-22(28-4)21(24)14-18/h5-8,13-14,16-17H,9-12H2,1-4H3,(H,25,27). The number of benzene rings is 2. The summed E-state index contributed by atoms with van der Waals surface area (Å²) >= 11 is 3.52. The van der Waals surface area contributed by atoms with Gasteiger partial charge in [-0.15, -0.1) is 0 Å². The number of piperidine rings is 1. The lowest BCUT2D eigenvalue weighted by Gasteiger charge is -2.29. The average Bonchev–Trinajstić information content (AvgIpc) is 2.68. The molecule has 0 bridgehead atoms. The fraction of sp³-hybridized carbons (Fsp3) is 0.435. The third kappa shape index (κ3) is 4.76. The van der Waals surface area contributed by atoms with Crippen molar-refractivity contribution in [1.82, 2.24) is 10.2 Å². The third-order valence-corrected chi connectivity index (χ3v) is 6.34. The van der Waals surface area contributed by atoms with Crippen molar-refractivity contribution in [3.63, 3.8) is 0 Å². The Morgan fingerprint density at radius 2 is 1.93 bits per heavy atom. The van der Waals surface area contributed by atoms with Crippen LogP contribution < -0.4 is 10.1 Å². The van der Waals surface area contributed by atoms with Gasteiger partial charge in [0, 0.05) is 5.56 Å². The van der Waals surface area contributed by atoms with E-state index in [1.165, 1.54) is 5.56 Å². The first kappa shape index (κ1) is 20.9. The topological polar surface area (TPSA) is 41.6 Å². The van der Waals surface area contributed by atoms with Crippen molar-refractivity contribution in [2.24, 2.45) is 0 Å². The maximum atomic E-state index is 13.0. The highest BCUT2D eigenvalue weighted by molar-refractivity contribution is 9.10. The van der Waals surface area contributed by atoms with Crippen LogP contribution in [0.15, 0.2) is 40.9 Å². The Balaban J connectivity index is 1.74. The van der Waals surface area contributed by atoms with Gasteiger partial charge in [-0.1, -0.05) is 18.2 Å². The van der Waals surface area contributed by atoms with Gasteiger partial charge in [-0.3, -0.25) is 4.79 Å². The number of nitrogens with one attached hydrogen (secondary N) is 1. The first-order valence-electron chi connectivity index (χ1n) is 9.82. The molecule has 0 saturated carbocycles. The number of aryl methyl sites for hydroxylation is 1. The van der Waals surface area contributed by atoms with Gasteiger partial charge in [0.05, 0.1) is 17.6 Å². The van der Waals surface area contributed by atoms with Crippen molar-refractivity contribution < 1.29 is 9.53 Å². The Labute approximate surface area is 176 Å². The summed E-state index contributed by atoms with van der Waals surface area (Å²) in [6, 6.07) is 12.2. The quantitative estimate of drug-likeness (QED) is 0.699. The molecule has 2 aromatic rings. The van der Waals surface area contributed by atoms with Gasteiger partial charge in [-0.25, -0.2) is 0 Å². The van der Waals surface area contributed by atoms with Crippen LogP contribution in [0.25, 0.3) is 0 Å². The molecule has 0 radical (unpaired) electrons. The number of nitrogens with zero attached hydrogens (tertiary/aromatic N) is 1. The first-order valence-corrected chi connectivity index (χ1v) is 10.6. The molecule has 1 saturated heterocycles.